The van der Waals surface area contributed by atoms with Gasteiger partial charge in [-0.2, -0.15) is 18.4 Å². The van der Waals surface area contributed by atoms with E-state index in [2.05, 4.69) is 0 Å². The Morgan fingerprint density at radius 2 is 2.00 bits per heavy atom. The molecular formula is C15H15BF3N3O. The molecule has 0 spiro atoms. The third-order valence-corrected chi connectivity index (χ3v) is 3.28. The fraction of sp³-hybridized carbons (Fsp3) is 0.333. The molecule has 0 fully saturated rings. The number of carbonyl (C=O) groups excluding carboxylic acids is 1. The predicted molar refractivity (Wildman–Crippen MR) is 81.5 cm³/mol. The number of alkyl halides is 3. The van der Waals surface area contributed by atoms with E-state index in [1.54, 1.807) is 19.0 Å². The zero-order valence-corrected chi connectivity index (χ0v) is 12.9. The van der Waals surface area contributed by atoms with Gasteiger partial charge in [-0.3, -0.25) is 9.69 Å². The number of likely N-dealkylation sites (N-methyl/N-ethyl adjacent to an activating group) is 1. The van der Waals surface area contributed by atoms with E-state index in [1.807, 2.05) is 6.07 Å². The SMILES string of the molecule is [B]C(/C(C#N)=C(/C)N(C=O)c1cccc(C(F)(F)F)c1)N(C)C. The number of benzene rings is 1. The second-order valence-corrected chi connectivity index (χ2v) is 5.04. The van der Waals surface area contributed by atoms with Crippen LogP contribution in [0, 0.1) is 11.3 Å². The van der Waals surface area contributed by atoms with Crippen LogP contribution in [0.15, 0.2) is 35.5 Å². The highest BCUT2D eigenvalue weighted by Gasteiger charge is 2.31. The molecule has 8 heteroatoms. The van der Waals surface area contributed by atoms with Gasteiger partial charge in [-0.25, -0.2) is 0 Å². The van der Waals surface area contributed by atoms with E-state index in [0.717, 1.165) is 17.0 Å². The van der Waals surface area contributed by atoms with Crippen molar-refractivity contribution in [1.82, 2.24) is 4.90 Å². The summed E-state index contributed by atoms with van der Waals surface area (Å²) < 4.78 is 38.4. The van der Waals surface area contributed by atoms with Crippen LogP contribution < -0.4 is 4.90 Å². The molecule has 1 unspecified atom stereocenters. The fourth-order valence-electron chi connectivity index (χ4n) is 1.91. The van der Waals surface area contributed by atoms with E-state index >= 15 is 0 Å². The number of rotatable bonds is 5. The minimum atomic E-state index is -4.53. The molecule has 0 heterocycles. The maximum atomic E-state index is 12.8. The highest BCUT2D eigenvalue weighted by molar-refractivity contribution is 6.14. The van der Waals surface area contributed by atoms with Crippen LogP contribution in [0.3, 0.4) is 0 Å². The first-order valence-electron chi connectivity index (χ1n) is 6.58. The zero-order chi connectivity index (χ0) is 17.8. The van der Waals surface area contributed by atoms with Crippen LogP contribution >= 0.6 is 0 Å². The molecule has 0 saturated carbocycles. The number of hydrogen-bond donors (Lipinski definition) is 0. The van der Waals surface area contributed by atoms with Crippen molar-refractivity contribution in [1.29, 1.82) is 5.26 Å². The summed E-state index contributed by atoms with van der Waals surface area (Å²) in [5, 5.41) is 9.25. The maximum absolute atomic E-state index is 12.8. The van der Waals surface area contributed by atoms with Gasteiger partial charge < -0.3 is 4.90 Å². The Labute approximate surface area is 134 Å². The minimum Gasteiger partial charge on any atom is -0.310 e. The van der Waals surface area contributed by atoms with Gasteiger partial charge in [-0.05, 0) is 39.2 Å². The van der Waals surface area contributed by atoms with Gasteiger partial charge in [0.1, 0.15) is 0 Å². The van der Waals surface area contributed by atoms with E-state index in [0.29, 0.717) is 6.41 Å². The normalized spacial score (nSPS) is 14.0. The topological polar surface area (TPSA) is 47.3 Å². The minimum absolute atomic E-state index is 0.00558. The molecule has 0 aliphatic heterocycles. The van der Waals surface area contributed by atoms with Crippen molar-refractivity contribution in [3.05, 3.63) is 41.1 Å². The van der Waals surface area contributed by atoms with Gasteiger partial charge in [0.2, 0.25) is 6.41 Å². The molecule has 23 heavy (non-hydrogen) atoms. The molecule has 0 bridgehead atoms. The van der Waals surface area contributed by atoms with Crippen molar-refractivity contribution in [2.24, 2.45) is 0 Å². The molecule has 0 saturated heterocycles. The van der Waals surface area contributed by atoms with Gasteiger partial charge in [-0.1, -0.05) is 6.07 Å². The molecule has 1 amide bonds. The maximum Gasteiger partial charge on any atom is 0.416 e. The van der Waals surface area contributed by atoms with Gasteiger partial charge in [0.15, 0.2) is 0 Å². The molecule has 1 atom stereocenters. The van der Waals surface area contributed by atoms with Crippen molar-refractivity contribution >= 4 is 19.9 Å². The Bertz CT molecular complexity index is 650. The summed E-state index contributed by atoms with van der Waals surface area (Å²) in [6, 6.07) is 6.19. The number of hydrogen-bond acceptors (Lipinski definition) is 3. The van der Waals surface area contributed by atoms with Crippen LogP contribution in [-0.2, 0) is 11.0 Å². The van der Waals surface area contributed by atoms with Crippen molar-refractivity contribution in [3.8, 4) is 6.07 Å². The second kappa shape index (κ2) is 7.33. The number of halogens is 3. The van der Waals surface area contributed by atoms with Crippen LogP contribution in [0.25, 0.3) is 0 Å². The van der Waals surface area contributed by atoms with Crippen LogP contribution in [0.4, 0.5) is 18.9 Å². The fourth-order valence-corrected chi connectivity index (χ4v) is 1.91. The lowest BCUT2D eigenvalue weighted by Crippen LogP contribution is -2.33. The first kappa shape index (κ1) is 18.8. The first-order valence-corrected chi connectivity index (χ1v) is 6.58. The summed E-state index contributed by atoms with van der Waals surface area (Å²) in [6.45, 7) is 1.45. The summed E-state index contributed by atoms with van der Waals surface area (Å²) in [7, 11) is 9.15. The van der Waals surface area contributed by atoms with Gasteiger partial charge in [0, 0.05) is 17.3 Å². The smallest absolute Gasteiger partial charge is 0.310 e. The lowest BCUT2D eigenvalue weighted by molar-refractivity contribution is -0.137. The van der Waals surface area contributed by atoms with E-state index in [1.165, 1.54) is 19.1 Å². The van der Waals surface area contributed by atoms with Gasteiger partial charge in [0.05, 0.1) is 25.1 Å². The second-order valence-electron chi connectivity index (χ2n) is 5.04. The third-order valence-electron chi connectivity index (χ3n) is 3.28. The number of anilines is 1. The van der Waals surface area contributed by atoms with Crippen LogP contribution in [0.5, 0.6) is 0 Å². The first-order chi connectivity index (χ1) is 10.6. The molecule has 2 radical (unpaired) electrons. The summed E-state index contributed by atoms with van der Waals surface area (Å²) in [5.74, 6) is -0.784. The molecule has 0 aliphatic rings. The monoisotopic (exact) mass is 321 g/mol. The van der Waals surface area contributed by atoms with Gasteiger partial charge in [0.25, 0.3) is 0 Å². The average Bonchev–Trinajstić information content (AvgIpc) is 2.48. The molecule has 1 aromatic carbocycles. The quantitative estimate of drug-likeness (QED) is 0.476. The van der Waals surface area contributed by atoms with Crippen LogP contribution in [-0.4, -0.2) is 39.2 Å². The number of allylic oxidation sites excluding steroid dienone is 1. The highest BCUT2D eigenvalue weighted by Crippen LogP contribution is 2.32. The molecule has 0 N–H and O–H groups in total. The Morgan fingerprint density at radius 3 is 2.43 bits per heavy atom. The number of nitrogens with zero attached hydrogens (tertiary/aromatic N) is 3. The molecule has 120 valence electrons. The Balaban J connectivity index is 3.38. The van der Waals surface area contributed by atoms with E-state index < -0.39 is 17.7 Å². The summed E-state index contributed by atoms with van der Waals surface area (Å²) in [5.41, 5.74) is -0.626. The van der Waals surface area contributed by atoms with E-state index in [9.17, 15) is 23.2 Å². The third kappa shape index (κ3) is 4.36. The highest BCUT2D eigenvalue weighted by atomic mass is 19.4. The molecule has 0 aliphatic carbocycles. The van der Waals surface area contributed by atoms with Crippen molar-refractivity contribution < 1.29 is 18.0 Å². The van der Waals surface area contributed by atoms with Crippen molar-refractivity contribution in [2.75, 3.05) is 19.0 Å². The Hall–Kier alpha value is -2.27. The van der Waals surface area contributed by atoms with E-state index in [-0.39, 0.29) is 17.0 Å². The van der Waals surface area contributed by atoms with E-state index in [4.69, 9.17) is 7.85 Å². The summed E-state index contributed by atoms with van der Waals surface area (Å²) in [4.78, 5) is 13.9. The molecule has 0 aromatic heterocycles. The molecular weight excluding hydrogens is 306 g/mol. The van der Waals surface area contributed by atoms with Gasteiger partial charge in [-0.15, -0.1) is 0 Å². The number of carbonyl (C=O) groups is 1. The molecule has 1 rings (SSSR count). The van der Waals surface area contributed by atoms with Crippen LogP contribution in [0.2, 0.25) is 0 Å². The number of nitriles is 1. The van der Waals surface area contributed by atoms with Crippen molar-refractivity contribution in [2.45, 2.75) is 19.0 Å². The lowest BCUT2D eigenvalue weighted by atomic mass is 9.87. The van der Waals surface area contributed by atoms with Crippen LogP contribution in [0.1, 0.15) is 12.5 Å². The zero-order valence-electron chi connectivity index (χ0n) is 12.9. The Kier molecular flexibility index (Phi) is 5.99. The van der Waals surface area contributed by atoms with Gasteiger partial charge >= 0.3 is 6.18 Å². The standard InChI is InChI=1S/C15H15BF3N3O/c1-10(13(8-20)14(16)21(2)3)22(9-23)12-6-4-5-11(7-12)15(17,18)19/h4-7,9,14H,1-3H3/b13-10-. The summed E-state index contributed by atoms with van der Waals surface area (Å²) in [6.07, 6.45) is -4.18. The average molecular weight is 321 g/mol. The van der Waals surface area contributed by atoms with Crippen molar-refractivity contribution in [3.63, 3.8) is 0 Å². The largest absolute Gasteiger partial charge is 0.416 e. The Morgan fingerprint density at radius 1 is 1.39 bits per heavy atom. The molecule has 1 aromatic rings. The predicted octanol–water partition coefficient (Wildman–Crippen LogP) is 2.52. The molecule has 4 nitrogen and oxygen atoms in total. The lowest BCUT2D eigenvalue weighted by Gasteiger charge is -2.26. The number of amides is 1. The summed E-state index contributed by atoms with van der Waals surface area (Å²) >= 11 is 0.